The van der Waals surface area contributed by atoms with Crippen LogP contribution in [0.5, 0.6) is 0 Å². The quantitative estimate of drug-likeness (QED) is 0.605. The Hall–Kier alpha value is 0.0569. The molecule has 0 aliphatic carbocycles. The van der Waals surface area contributed by atoms with Crippen molar-refractivity contribution in [3.8, 4) is 0 Å². The van der Waals surface area contributed by atoms with Gasteiger partial charge in [-0.05, 0) is 34.6 Å². The van der Waals surface area contributed by atoms with Crippen molar-refractivity contribution in [1.29, 1.82) is 0 Å². The number of ether oxygens (including phenoxy) is 1. The SMILES string of the molecule is CCOCC.CCO[SiH](OCC)OCC. The highest BCUT2D eigenvalue weighted by Crippen LogP contribution is 1.91. The van der Waals surface area contributed by atoms with E-state index in [-0.39, 0.29) is 0 Å². The molecular formula is C10H26O4Si. The second kappa shape index (κ2) is 16.5. The average Bonchev–Trinajstić information content (AvgIpc) is 2.21. The largest absolute Gasteiger partial charge is 0.484 e. The predicted octanol–water partition coefficient (Wildman–Crippen LogP) is 1.86. The molecule has 0 bridgehead atoms. The van der Waals surface area contributed by atoms with Crippen molar-refractivity contribution >= 4 is 9.53 Å². The van der Waals surface area contributed by atoms with Gasteiger partial charge in [-0.15, -0.1) is 0 Å². The summed E-state index contributed by atoms with van der Waals surface area (Å²) in [6, 6.07) is 0. The fourth-order valence-corrected chi connectivity index (χ4v) is 1.86. The lowest BCUT2D eigenvalue weighted by Gasteiger charge is -2.12. The summed E-state index contributed by atoms with van der Waals surface area (Å²) >= 11 is 0. The molecule has 0 heterocycles. The van der Waals surface area contributed by atoms with Gasteiger partial charge in [0.1, 0.15) is 0 Å². The lowest BCUT2D eigenvalue weighted by Crippen LogP contribution is -2.27. The van der Waals surface area contributed by atoms with Crippen LogP contribution in [0.3, 0.4) is 0 Å². The maximum Gasteiger partial charge on any atom is 0.484 e. The first kappa shape index (κ1) is 17.5. The molecule has 5 heteroatoms. The van der Waals surface area contributed by atoms with Crippen molar-refractivity contribution in [3.05, 3.63) is 0 Å². The van der Waals surface area contributed by atoms with Gasteiger partial charge in [-0.2, -0.15) is 0 Å². The van der Waals surface area contributed by atoms with Gasteiger partial charge < -0.3 is 18.0 Å². The Bertz CT molecular complexity index is 87.2. The van der Waals surface area contributed by atoms with Crippen molar-refractivity contribution < 1.29 is 18.0 Å². The van der Waals surface area contributed by atoms with Crippen molar-refractivity contribution in [2.45, 2.75) is 34.6 Å². The zero-order chi connectivity index (χ0) is 11.9. The van der Waals surface area contributed by atoms with Gasteiger partial charge in [0.2, 0.25) is 0 Å². The minimum Gasteiger partial charge on any atom is -0.382 e. The van der Waals surface area contributed by atoms with Gasteiger partial charge in [0.15, 0.2) is 0 Å². The van der Waals surface area contributed by atoms with Crippen molar-refractivity contribution in [2.75, 3.05) is 33.0 Å². The smallest absolute Gasteiger partial charge is 0.382 e. The summed E-state index contributed by atoms with van der Waals surface area (Å²) in [6.45, 7) is 13.5. The molecule has 0 aromatic heterocycles. The summed E-state index contributed by atoms with van der Waals surface area (Å²) < 4.78 is 20.5. The molecule has 0 spiro atoms. The van der Waals surface area contributed by atoms with Gasteiger partial charge in [-0.1, -0.05) is 0 Å². The molecule has 0 saturated heterocycles. The first-order valence-electron chi connectivity index (χ1n) is 5.69. The summed E-state index contributed by atoms with van der Waals surface area (Å²) in [7, 11) is -1.73. The van der Waals surface area contributed by atoms with E-state index in [4.69, 9.17) is 18.0 Å². The summed E-state index contributed by atoms with van der Waals surface area (Å²) in [6.07, 6.45) is 0. The maximum absolute atomic E-state index is 5.22. The molecule has 0 aromatic carbocycles. The van der Waals surface area contributed by atoms with Crippen LogP contribution < -0.4 is 0 Å². The molecule has 0 fully saturated rings. The molecule has 0 saturated carbocycles. The first-order valence-corrected chi connectivity index (χ1v) is 7.10. The van der Waals surface area contributed by atoms with Crippen molar-refractivity contribution in [1.82, 2.24) is 0 Å². The summed E-state index contributed by atoms with van der Waals surface area (Å²) in [5.41, 5.74) is 0. The van der Waals surface area contributed by atoms with Gasteiger partial charge >= 0.3 is 9.53 Å². The molecule has 0 rings (SSSR count). The fraction of sp³-hybridized carbons (Fsp3) is 1.00. The Labute approximate surface area is 95.8 Å². The summed E-state index contributed by atoms with van der Waals surface area (Å²) in [4.78, 5) is 0. The van der Waals surface area contributed by atoms with Crippen LogP contribution in [0.15, 0.2) is 0 Å². The molecule has 0 atom stereocenters. The Morgan fingerprint density at radius 2 is 0.933 bits per heavy atom. The minimum absolute atomic E-state index is 0.677. The molecule has 4 nitrogen and oxygen atoms in total. The number of rotatable bonds is 8. The van der Waals surface area contributed by atoms with E-state index in [1.54, 1.807) is 0 Å². The van der Waals surface area contributed by atoms with Crippen LogP contribution in [0.4, 0.5) is 0 Å². The zero-order valence-electron chi connectivity index (χ0n) is 10.7. The molecule has 0 unspecified atom stereocenters. The van der Waals surface area contributed by atoms with Crippen LogP contribution in [-0.2, 0) is 18.0 Å². The monoisotopic (exact) mass is 238 g/mol. The third kappa shape index (κ3) is 16.7. The molecule has 0 aliphatic rings. The maximum atomic E-state index is 5.22. The lowest BCUT2D eigenvalue weighted by molar-refractivity contribution is 0.107. The van der Waals surface area contributed by atoms with Gasteiger partial charge in [0.25, 0.3) is 0 Å². The average molecular weight is 238 g/mol. The predicted molar refractivity (Wildman–Crippen MR) is 64.2 cm³/mol. The van der Waals surface area contributed by atoms with E-state index in [2.05, 4.69) is 0 Å². The molecule has 0 aromatic rings. The first-order chi connectivity index (χ1) is 7.26. The Balaban J connectivity index is 0. The molecule has 94 valence electrons. The van der Waals surface area contributed by atoms with Gasteiger partial charge in [-0.3, -0.25) is 0 Å². The van der Waals surface area contributed by atoms with Crippen LogP contribution in [0, 0.1) is 0 Å². The Morgan fingerprint density at radius 3 is 1.07 bits per heavy atom. The van der Waals surface area contributed by atoms with E-state index >= 15 is 0 Å². The molecular weight excluding hydrogens is 212 g/mol. The Kier molecular flexibility index (Phi) is 19.2. The van der Waals surface area contributed by atoms with E-state index < -0.39 is 9.53 Å². The highest BCUT2D eigenvalue weighted by molar-refractivity contribution is 6.36. The summed E-state index contributed by atoms with van der Waals surface area (Å²) in [5, 5.41) is 0. The topological polar surface area (TPSA) is 36.9 Å². The zero-order valence-corrected chi connectivity index (χ0v) is 11.9. The van der Waals surface area contributed by atoms with Crippen LogP contribution in [0.25, 0.3) is 0 Å². The summed E-state index contributed by atoms with van der Waals surface area (Å²) in [5.74, 6) is 0. The highest BCUT2D eigenvalue weighted by atomic mass is 28.3. The van der Waals surface area contributed by atoms with Crippen LogP contribution in [-0.4, -0.2) is 42.6 Å². The fourth-order valence-electron chi connectivity index (χ4n) is 0.757. The standard InChI is InChI=1S/C6H16O3Si.C4H10O/c1-4-7-10(8-5-2)9-6-3;1-3-5-4-2/h10H,4-6H2,1-3H3;3-4H2,1-2H3. The number of hydrogen-bond donors (Lipinski definition) is 0. The molecule has 0 N–H and O–H groups in total. The van der Waals surface area contributed by atoms with E-state index in [0.717, 1.165) is 13.2 Å². The third-order valence-electron chi connectivity index (χ3n) is 1.32. The van der Waals surface area contributed by atoms with Crippen molar-refractivity contribution in [2.24, 2.45) is 0 Å². The molecule has 0 aliphatic heterocycles. The van der Waals surface area contributed by atoms with Gasteiger partial charge in [0.05, 0.1) is 0 Å². The van der Waals surface area contributed by atoms with Gasteiger partial charge in [-0.25, -0.2) is 0 Å². The van der Waals surface area contributed by atoms with E-state index in [9.17, 15) is 0 Å². The van der Waals surface area contributed by atoms with E-state index in [1.807, 2.05) is 34.6 Å². The number of hydrogen-bond acceptors (Lipinski definition) is 4. The van der Waals surface area contributed by atoms with Gasteiger partial charge in [0, 0.05) is 33.0 Å². The molecule has 0 radical (unpaired) electrons. The molecule has 15 heavy (non-hydrogen) atoms. The normalized spacial score (nSPS) is 10.0. The Morgan fingerprint density at radius 1 is 0.600 bits per heavy atom. The van der Waals surface area contributed by atoms with E-state index in [1.165, 1.54) is 0 Å². The van der Waals surface area contributed by atoms with Crippen LogP contribution in [0.2, 0.25) is 0 Å². The van der Waals surface area contributed by atoms with Crippen LogP contribution >= 0.6 is 0 Å². The molecule has 0 amide bonds. The third-order valence-corrected chi connectivity index (χ3v) is 3.13. The lowest BCUT2D eigenvalue weighted by atomic mass is 10.8. The van der Waals surface area contributed by atoms with Crippen LogP contribution in [0.1, 0.15) is 34.6 Å². The highest BCUT2D eigenvalue weighted by Gasteiger charge is 2.11. The second-order valence-corrected chi connectivity index (χ2v) is 4.01. The van der Waals surface area contributed by atoms with Crippen molar-refractivity contribution in [3.63, 3.8) is 0 Å². The van der Waals surface area contributed by atoms with E-state index in [0.29, 0.717) is 19.8 Å². The second-order valence-electron chi connectivity index (χ2n) is 2.44. The minimum atomic E-state index is -1.73.